The second-order valence-electron chi connectivity index (χ2n) is 10.9. The molecule has 41 heavy (non-hydrogen) atoms. The first-order valence-corrected chi connectivity index (χ1v) is 14.2. The minimum atomic E-state index is -0.964. The highest BCUT2D eigenvalue weighted by Gasteiger charge is 2.40. The van der Waals surface area contributed by atoms with Crippen LogP contribution in [0.2, 0.25) is 0 Å². The standard InChI is InChI=1S/C31H39N5O5/c1-5-19(2)26-29(39)33-23-15-10-9-14-22(23)30(40)36-17-11-16-24(36)31(41)35(4)25(18-21-12-7-6-8-13-21)28(38)32-20(3)27(37)34-26/h6-10,12-15,19-20,24-26H,5,11,16-18H2,1-4H3,(H,32,38)(H,33,39)(H,34,37). The number of hydrogen-bond acceptors (Lipinski definition) is 5. The maximum absolute atomic E-state index is 13.9. The van der Waals surface area contributed by atoms with Crippen molar-refractivity contribution >= 4 is 35.2 Å². The van der Waals surface area contributed by atoms with E-state index in [0.29, 0.717) is 31.5 Å². The third-order valence-electron chi connectivity index (χ3n) is 8.15. The van der Waals surface area contributed by atoms with Crippen molar-refractivity contribution in [1.29, 1.82) is 0 Å². The van der Waals surface area contributed by atoms with Gasteiger partial charge in [0.2, 0.25) is 23.6 Å². The van der Waals surface area contributed by atoms with E-state index in [4.69, 9.17) is 0 Å². The fraction of sp³-hybridized carbons (Fsp3) is 0.452. The zero-order chi connectivity index (χ0) is 29.7. The predicted molar refractivity (Wildman–Crippen MR) is 155 cm³/mol. The molecule has 2 aliphatic rings. The van der Waals surface area contributed by atoms with Crippen LogP contribution in [-0.2, 0) is 25.6 Å². The first kappa shape index (κ1) is 29.8. The minimum absolute atomic E-state index is 0.221. The Hall–Kier alpha value is -4.21. The SMILES string of the molecule is CCC(C)C1NC(=O)C(C)NC(=O)C(Cc2ccccc2)N(C)C(=O)C2CCCN2C(=O)c2ccccc2NC1=O. The van der Waals surface area contributed by atoms with Crippen molar-refractivity contribution in [3.05, 3.63) is 65.7 Å². The molecule has 0 spiro atoms. The number of likely N-dealkylation sites (N-methyl/N-ethyl adjacent to an activating group) is 1. The van der Waals surface area contributed by atoms with E-state index in [9.17, 15) is 24.0 Å². The zero-order valence-corrected chi connectivity index (χ0v) is 24.1. The lowest BCUT2D eigenvalue weighted by molar-refractivity contribution is -0.142. The van der Waals surface area contributed by atoms with E-state index >= 15 is 0 Å². The molecule has 3 N–H and O–H groups in total. The van der Waals surface area contributed by atoms with Gasteiger partial charge in [0.05, 0.1) is 11.3 Å². The van der Waals surface area contributed by atoms with Gasteiger partial charge >= 0.3 is 0 Å². The van der Waals surface area contributed by atoms with Crippen LogP contribution >= 0.6 is 0 Å². The first-order valence-electron chi connectivity index (χ1n) is 14.2. The summed E-state index contributed by atoms with van der Waals surface area (Å²) < 4.78 is 0. The third kappa shape index (κ3) is 6.58. The average molecular weight is 562 g/mol. The fourth-order valence-electron chi connectivity index (χ4n) is 5.40. The van der Waals surface area contributed by atoms with Crippen molar-refractivity contribution in [2.45, 2.75) is 70.6 Å². The molecule has 4 rings (SSSR count). The number of rotatable bonds is 4. The fourth-order valence-corrected chi connectivity index (χ4v) is 5.40. The molecular weight excluding hydrogens is 522 g/mol. The van der Waals surface area contributed by atoms with Gasteiger partial charge in [-0.1, -0.05) is 62.7 Å². The first-order chi connectivity index (χ1) is 19.6. The summed E-state index contributed by atoms with van der Waals surface area (Å²) in [5.74, 6) is -2.43. The Morgan fingerprint density at radius 3 is 2.29 bits per heavy atom. The lowest BCUT2D eigenvalue weighted by Crippen LogP contribution is -2.58. The molecule has 0 aromatic heterocycles. The molecule has 2 heterocycles. The normalized spacial score (nSPS) is 25.1. The maximum atomic E-state index is 13.9. The van der Waals surface area contributed by atoms with Crippen LogP contribution in [0, 0.1) is 5.92 Å². The number of fused-ring (bicyclic) bond motifs is 2. The quantitative estimate of drug-likeness (QED) is 0.528. The highest BCUT2D eigenvalue weighted by atomic mass is 16.2. The average Bonchev–Trinajstić information content (AvgIpc) is 3.47. The van der Waals surface area contributed by atoms with Crippen LogP contribution in [0.15, 0.2) is 54.6 Å². The van der Waals surface area contributed by atoms with E-state index in [1.807, 2.05) is 44.2 Å². The number of nitrogens with zero attached hydrogens (tertiary/aromatic N) is 2. The lowest BCUT2D eigenvalue weighted by Gasteiger charge is -2.34. The van der Waals surface area contributed by atoms with E-state index in [2.05, 4.69) is 16.0 Å². The number of amides is 5. The third-order valence-corrected chi connectivity index (χ3v) is 8.15. The predicted octanol–water partition coefficient (Wildman–Crippen LogP) is 2.35. The van der Waals surface area contributed by atoms with Gasteiger partial charge < -0.3 is 25.8 Å². The molecule has 0 aliphatic carbocycles. The molecular formula is C31H39N5O5. The van der Waals surface area contributed by atoms with Gasteiger partial charge in [-0.3, -0.25) is 24.0 Å². The van der Waals surface area contributed by atoms with Gasteiger partial charge in [-0.05, 0) is 43.4 Å². The number of para-hydroxylation sites is 1. The Morgan fingerprint density at radius 2 is 1.59 bits per heavy atom. The smallest absolute Gasteiger partial charge is 0.256 e. The van der Waals surface area contributed by atoms with Crippen LogP contribution in [0.1, 0.15) is 56.0 Å². The molecule has 5 atom stereocenters. The largest absolute Gasteiger partial charge is 0.343 e. The molecule has 1 saturated heterocycles. The second kappa shape index (κ2) is 13.0. The highest BCUT2D eigenvalue weighted by Crippen LogP contribution is 2.26. The molecule has 10 nitrogen and oxygen atoms in total. The summed E-state index contributed by atoms with van der Waals surface area (Å²) in [6.07, 6.45) is 1.93. The van der Waals surface area contributed by atoms with Crippen LogP contribution in [0.3, 0.4) is 0 Å². The number of hydrogen-bond donors (Lipinski definition) is 3. The summed E-state index contributed by atoms with van der Waals surface area (Å²) in [6.45, 7) is 5.70. The summed E-state index contributed by atoms with van der Waals surface area (Å²) in [5, 5.41) is 8.38. The summed E-state index contributed by atoms with van der Waals surface area (Å²) in [7, 11) is 1.57. The minimum Gasteiger partial charge on any atom is -0.343 e. The van der Waals surface area contributed by atoms with E-state index in [-0.39, 0.29) is 29.7 Å². The molecule has 0 bridgehead atoms. The van der Waals surface area contributed by atoms with Crippen LogP contribution in [0.25, 0.3) is 0 Å². The van der Waals surface area contributed by atoms with E-state index in [1.165, 1.54) is 9.80 Å². The van der Waals surface area contributed by atoms with E-state index in [0.717, 1.165) is 5.56 Å². The summed E-state index contributed by atoms with van der Waals surface area (Å²) >= 11 is 0. The van der Waals surface area contributed by atoms with Crippen LogP contribution in [0.5, 0.6) is 0 Å². The van der Waals surface area contributed by atoms with Crippen molar-refractivity contribution in [1.82, 2.24) is 20.4 Å². The number of carbonyl (C=O) groups excluding carboxylic acids is 5. The van der Waals surface area contributed by atoms with Crippen molar-refractivity contribution in [3.8, 4) is 0 Å². The van der Waals surface area contributed by atoms with Crippen molar-refractivity contribution < 1.29 is 24.0 Å². The molecule has 2 aromatic rings. The Labute approximate surface area is 240 Å². The van der Waals surface area contributed by atoms with Crippen LogP contribution < -0.4 is 16.0 Å². The van der Waals surface area contributed by atoms with Gasteiger partial charge in [0, 0.05) is 20.0 Å². The molecule has 5 amide bonds. The monoisotopic (exact) mass is 561 g/mol. The lowest BCUT2D eigenvalue weighted by atomic mass is 9.97. The van der Waals surface area contributed by atoms with Crippen LogP contribution in [0.4, 0.5) is 5.69 Å². The molecule has 218 valence electrons. The molecule has 2 aliphatic heterocycles. The summed E-state index contributed by atoms with van der Waals surface area (Å²) in [6, 6.07) is 12.5. The molecule has 0 saturated carbocycles. The van der Waals surface area contributed by atoms with E-state index < -0.39 is 41.9 Å². The molecule has 10 heteroatoms. The van der Waals surface area contributed by atoms with Gasteiger partial charge in [-0.25, -0.2) is 0 Å². The Balaban J connectivity index is 1.77. The summed E-state index contributed by atoms with van der Waals surface area (Å²) in [5.41, 5.74) is 1.42. The highest BCUT2D eigenvalue weighted by molar-refractivity contribution is 6.07. The number of benzene rings is 2. The van der Waals surface area contributed by atoms with Gasteiger partial charge in [-0.15, -0.1) is 0 Å². The Kier molecular flexibility index (Phi) is 9.42. The Bertz CT molecular complexity index is 1300. The summed E-state index contributed by atoms with van der Waals surface area (Å²) in [4.78, 5) is 71.0. The number of nitrogens with one attached hydrogen (secondary N) is 3. The Morgan fingerprint density at radius 1 is 0.902 bits per heavy atom. The second-order valence-corrected chi connectivity index (χ2v) is 10.9. The zero-order valence-electron chi connectivity index (χ0n) is 24.1. The van der Waals surface area contributed by atoms with Gasteiger partial charge in [0.25, 0.3) is 5.91 Å². The van der Waals surface area contributed by atoms with Crippen molar-refractivity contribution in [2.75, 3.05) is 18.9 Å². The molecule has 5 unspecified atom stereocenters. The van der Waals surface area contributed by atoms with Crippen molar-refractivity contribution in [3.63, 3.8) is 0 Å². The number of carbonyl (C=O) groups is 5. The molecule has 0 radical (unpaired) electrons. The van der Waals surface area contributed by atoms with Gasteiger partial charge in [0.1, 0.15) is 24.2 Å². The van der Waals surface area contributed by atoms with Crippen LogP contribution in [-0.4, -0.2) is 77.1 Å². The maximum Gasteiger partial charge on any atom is 0.256 e. The van der Waals surface area contributed by atoms with Crippen molar-refractivity contribution in [2.24, 2.45) is 5.92 Å². The topological polar surface area (TPSA) is 128 Å². The van der Waals surface area contributed by atoms with E-state index in [1.54, 1.807) is 38.2 Å². The molecule has 2 aromatic carbocycles. The van der Waals surface area contributed by atoms with Gasteiger partial charge in [0.15, 0.2) is 0 Å². The number of anilines is 1. The van der Waals surface area contributed by atoms with Gasteiger partial charge in [-0.2, -0.15) is 0 Å². The molecule has 1 fully saturated rings.